The fourth-order valence-electron chi connectivity index (χ4n) is 1.30. The van der Waals surface area contributed by atoms with Crippen LogP contribution in [0.25, 0.3) is 0 Å². The van der Waals surface area contributed by atoms with Crippen LogP contribution in [0.1, 0.15) is 16.1 Å². The maximum absolute atomic E-state index is 10.8. The van der Waals surface area contributed by atoms with Crippen LogP contribution in [-0.2, 0) is 6.54 Å². The normalized spacial score (nSPS) is 10.1. The van der Waals surface area contributed by atoms with Crippen molar-refractivity contribution in [2.45, 2.75) is 6.54 Å². The van der Waals surface area contributed by atoms with Gasteiger partial charge < -0.3 is 5.11 Å². The SMILES string of the molecule is O=C(O)c1ccnn1Cc1ccncc1. The largest absolute Gasteiger partial charge is 0.477 e. The number of aromatic carboxylic acids is 1. The fourth-order valence-corrected chi connectivity index (χ4v) is 1.30. The molecule has 2 heterocycles. The number of hydrogen-bond acceptors (Lipinski definition) is 3. The lowest BCUT2D eigenvalue weighted by molar-refractivity contribution is 0.0684. The van der Waals surface area contributed by atoms with Crippen LogP contribution >= 0.6 is 0 Å². The molecule has 0 saturated carbocycles. The number of hydrogen-bond donors (Lipinski definition) is 1. The first-order valence-electron chi connectivity index (χ1n) is 4.41. The van der Waals surface area contributed by atoms with Crippen molar-refractivity contribution in [1.82, 2.24) is 14.8 Å². The van der Waals surface area contributed by atoms with Crippen LogP contribution in [0.3, 0.4) is 0 Å². The number of carbonyl (C=O) groups is 1. The quantitative estimate of drug-likeness (QED) is 0.808. The Hall–Kier alpha value is -2.17. The number of carboxylic acids is 1. The molecule has 76 valence electrons. The van der Waals surface area contributed by atoms with Crippen LogP contribution in [0.2, 0.25) is 0 Å². The third kappa shape index (κ3) is 2.01. The lowest BCUT2D eigenvalue weighted by Gasteiger charge is -2.03. The minimum Gasteiger partial charge on any atom is -0.477 e. The molecule has 0 spiro atoms. The third-order valence-corrected chi connectivity index (χ3v) is 2.02. The van der Waals surface area contributed by atoms with Gasteiger partial charge in [-0.2, -0.15) is 5.10 Å². The molecule has 2 rings (SSSR count). The van der Waals surface area contributed by atoms with E-state index in [4.69, 9.17) is 5.11 Å². The zero-order chi connectivity index (χ0) is 10.7. The first-order chi connectivity index (χ1) is 7.27. The monoisotopic (exact) mass is 203 g/mol. The highest BCUT2D eigenvalue weighted by Crippen LogP contribution is 2.04. The van der Waals surface area contributed by atoms with Crippen LogP contribution in [0.15, 0.2) is 36.8 Å². The van der Waals surface area contributed by atoms with Crippen LogP contribution in [-0.4, -0.2) is 25.8 Å². The van der Waals surface area contributed by atoms with Crippen molar-refractivity contribution in [2.75, 3.05) is 0 Å². The number of aromatic nitrogens is 3. The van der Waals surface area contributed by atoms with Crippen LogP contribution < -0.4 is 0 Å². The van der Waals surface area contributed by atoms with E-state index in [0.717, 1.165) is 5.56 Å². The van der Waals surface area contributed by atoms with Gasteiger partial charge in [0.2, 0.25) is 0 Å². The summed E-state index contributed by atoms with van der Waals surface area (Å²) in [6.07, 6.45) is 4.81. The van der Waals surface area contributed by atoms with Crippen molar-refractivity contribution in [1.29, 1.82) is 0 Å². The first kappa shape index (κ1) is 9.39. The van der Waals surface area contributed by atoms with Crippen molar-refractivity contribution in [3.05, 3.63) is 48.0 Å². The summed E-state index contributed by atoms with van der Waals surface area (Å²) < 4.78 is 1.44. The van der Waals surface area contributed by atoms with Crippen LogP contribution in [0.4, 0.5) is 0 Å². The molecule has 0 aliphatic carbocycles. The number of pyridine rings is 1. The molecule has 0 aliphatic heterocycles. The lowest BCUT2D eigenvalue weighted by atomic mass is 10.3. The number of nitrogens with zero attached hydrogens (tertiary/aromatic N) is 3. The van der Waals surface area contributed by atoms with E-state index in [1.165, 1.54) is 16.9 Å². The maximum Gasteiger partial charge on any atom is 0.354 e. The van der Waals surface area contributed by atoms with Crippen LogP contribution in [0.5, 0.6) is 0 Å². The molecule has 0 saturated heterocycles. The Kier molecular flexibility index (Phi) is 2.45. The predicted octanol–water partition coefficient (Wildman–Crippen LogP) is 1.02. The third-order valence-electron chi connectivity index (χ3n) is 2.02. The van der Waals surface area contributed by atoms with Gasteiger partial charge in [0.05, 0.1) is 6.54 Å². The summed E-state index contributed by atoms with van der Waals surface area (Å²) in [6, 6.07) is 5.13. The standard InChI is InChI=1S/C10H9N3O2/c14-10(15)9-3-6-12-13(9)7-8-1-4-11-5-2-8/h1-6H,7H2,(H,14,15). The van der Waals surface area contributed by atoms with Gasteiger partial charge in [-0.15, -0.1) is 0 Å². The van der Waals surface area contributed by atoms with Crippen molar-refractivity contribution >= 4 is 5.97 Å². The van der Waals surface area contributed by atoms with E-state index in [1.54, 1.807) is 12.4 Å². The average Bonchev–Trinajstić information content (AvgIpc) is 2.67. The van der Waals surface area contributed by atoms with E-state index >= 15 is 0 Å². The molecule has 0 fully saturated rings. The Morgan fingerprint density at radius 3 is 2.67 bits per heavy atom. The predicted molar refractivity (Wildman–Crippen MR) is 52.5 cm³/mol. The van der Waals surface area contributed by atoms with Gasteiger partial charge in [-0.05, 0) is 23.8 Å². The zero-order valence-electron chi connectivity index (χ0n) is 7.87. The van der Waals surface area contributed by atoms with E-state index in [-0.39, 0.29) is 5.69 Å². The molecular weight excluding hydrogens is 194 g/mol. The van der Waals surface area contributed by atoms with Gasteiger partial charge in [0.25, 0.3) is 0 Å². The van der Waals surface area contributed by atoms with Crippen molar-refractivity contribution in [2.24, 2.45) is 0 Å². The van der Waals surface area contributed by atoms with Gasteiger partial charge in [-0.3, -0.25) is 9.67 Å². The van der Waals surface area contributed by atoms with E-state index in [1.807, 2.05) is 12.1 Å². The van der Waals surface area contributed by atoms with Gasteiger partial charge >= 0.3 is 5.97 Å². The summed E-state index contributed by atoms with van der Waals surface area (Å²) in [7, 11) is 0. The molecular formula is C10H9N3O2. The van der Waals surface area contributed by atoms with E-state index in [0.29, 0.717) is 6.54 Å². The molecule has 0 aromatic carbocycles. The molecule has 15 heavy (non-hydrogen) atoms. The van der Waals surface area contributed by atoms with Gasteiger partial charge in [0.1, 0.15) is 5.69 Å². The van der Waals surface area contributed by atoms with Crippen LogP contribution in [0, 0.1) is 0 Å². The molecule has 2 aromatic rings. The highest BCUT2D eigenvalue weighted by molar-refractivity contribution is 5.85. The minimum absolute atomic E-state index is 0.187. The number of carboxylic acid groups (broad SMARTS) is 1. The minimum atomic E-state index is -0.971. The Morgan fingerprint density at radius 2 is 2.00 bits per heavy atom. The summed E-state index contributed by atoms with van der Waals surface area (Å²) in [4.78, 5) is 14.7. The Morgan fingerprint density at radius 1 is 1.27 bits per heavy atom. The van der Waals surface area contributed by atoms with Gasteiger partial charge in [0, 0.05) is 18.6 Å². The molecule has 5 nitrogen and oxygen atoms in total. The lowest BCUT2D eigenvalue weighted by Crippen LogP contribution is -2.10. The smallest absolute Gasteiger partial charge is 0.354 e. The maximum atomic E-state index is 10.8. The number of rotatable bonds is 3. The molecule has 0 atom stereocenters. The van der Waals surface area contributed by atoms with Gasteiger partial charge in [-0.25, -0.2) is 4.79 Å². The van der Waals surface area contributed by atoms with Gasteiger partial charge in [-0.1, -0.05) is 0 Å². The second-order valence-corrected chi connectivity index (χ2v) is 3.03. The highest BCUT2D eigenvalue weighted by atomic mass is 16.4. The van der Waals surface area contributed by atoms with Crippen molar-refractivity contribution < 1.29 is 9.90 Å². The summed E-state index contributed by atoms with van der Waals surface area (Å²) in [5, 5.41) is 12.8. The van der Waals surface area contributed by atoms with Crippen molar-refractivity contribution in [3.8, 4) is 0 Å². The first-order valence-corrected chi connectivity index (χ1v) is 4.41. The Labute approximate surface area is 86.0 Å². The summed E-state index contributed by atoms with van der Waals surface area (Å²) in [5.74, 6) is -0.971. The zero-order valence-corrected chi connectivity index (χ0v) is 7.87. The van der Waals surface area contributed by atoms with E-state index < -0.39 is 5.97 Å². The average molecular weight is 203 g/mol. The molecule has 0 aliphatic rings. The summed E-state index contributed by atoms with van der Waals surface area (Å²) >= 11 is 0. The Bertz CT molecular complexity index is 465. The molecule has 5 heteroatoms. The van der Waals surface area contributed by atoms with E-state index in [9.17, 15) is 4.79 Å². The second-order valence-electron chi connectivity index (χ2n) is 3.03. The molecule has 1 N–H and O–H groups in total. The van der Waals surface area contributed by atoms with E-state index in [2.05, 4.69) is 10.1 Å². The van der Waals surface area contributed by atoms with Gasteiger partial charge in [0.15, 0.2) is 0 Å². The molecule has 0 amide bonds. The summed E-state index contributed by atoms with van der Waals surface area (Å²) in [5.41, 5.74) is 1.16. The summed E-state index contributed by atoms with van der Waals surface area (Å²) in [6.45, 7) is 0.442. The fraction of sp³-hybridized carbons (Fsp3) is 0.100. The molecule has 2 aromatic heterocycles. The Balaban J connectivity index is 2.25. The topological polar surface area (TPSA) is 68.0 Å². The molecule has 0 bridgehead atoms. The van der Waals surface area contributed by atoms with Crippen molar-refractivity contribution in [3.63, 3.8) is 0 Å². The highest BCUT2D eigenvalue weighted by Gasteiger charge is 2.09. The molecule has 0 radical (unpaired) electrons. The molecule has 0 unspecified atom stereocenters. The second kappa shape index (κ2) is 3.91.